The Balaban J connectivity index is 1.65. The number of rotatable bonds is 4. The summed E-state index contributed by atoms with van der Waals surface area (Å²) in [5, 5.41) is 11.7. The number of nitrogens with one attached hydrogen (secondary N) is 1. The van der Waals surface area contributed by atoms with Gasteiger partial charge in [-0.1, -0.05) is 18.2 Å². The number of hydrogen-bond donors (Lipinski definition) is 1. The smallest absolute Gasteiger partial charge is 0.276 e. The lowest BCUT2D eigenvalue weighted by atomic mass is 9.97. The number of para-hydroxylation sites is 1. The van der Waals surface area contributed by atoms with Crippen molar-refractivity contribution in [2.24, 2.45) is 5.92 Å². The van der Waals surface area contributed by atoms with E-state index in [9.17, 15) is 4.79 Å². The van der Waals surface area contributed by atoms with Gasteiger partial charge in [0, 0.05) is 13.1 Å². The minimum Gasteiger partial charge on any atom is -0.337 e. The maximum absolute atomic E-state index is 12.5. The first-order valence-electron chi connectivity index (χ1n) is 7.69. The molecule has 1 saturated heterocycles. The maximum Gasteiger partial charge on any atom is 0.276 e. The van der Waals surface area contributed by atoms with E-state index in [4.69, 9.17) is 0 Å². The quantitative estimate of drug-likeness (QED) is 0.925. The third kappa shape index (κ3) is 3.17. The Bertz CT molecular complexity index is 616. The van der Waals surface area contributed by atoms with Gasteiger partial charge in [0.25, 0.3) is 5.91 Å². The molecule has 0 spiro atoms. The molecule has 1 aliphatic heterocycles. The molecule has 1 aromatic heterocycles. The van der Waals surface area contributed by atoms with Crippen LogP contribution in [0.1, 0.15) is 23.3 Å². The lowest BCUT2D eigenvalue weighted by Crippen LogP contribution is -2.40. The minimum absolute atomic E-state index is 0.0231. The van der Waals surface area contributed by atoms with Crippen molar-refractivity contribution in [3.05, 3.63) is 42.2 Å². The van der Waals surface area contributed by atoms with Crippen LogP contribution in [0.3, 0.4) is 0 Å². The predicted molar refractivity (Wildman–Crippen MR) is 83.9 cm³/mol. The van der Waals surface area contributed by atoms with Crippen molar-refractivity contribution in [3.63, 3.8) is 0 Å². The molecule has 1 aliphatic rings. The van der Waals surface area contributed by atoms with E-state index in [-0.39, 0.29) is 5.91 Å². The highest BCUT2D eigenvalue weighted by Gasteiger charge is 2.25. The normalized spacial score (nSPS) is 16.0. The van der Waals surface area contributed by atoms with Crippen LogP contribution >= 0.6 is 0 Å². The van der Waals surface area contributed by atoms with Gasteiger partial charge in [0.05, 0.1) is 11.9 Å². The average Bonchev–Trinajstić information content (AvgIpc) is 3.06. The molecule has 6 nitrogen and oxygen atoms in total. The van der Waals surface area contributed by atoms with Crippen LogP contribution in [0.4, 0.5) is 0 Å². The second-order valence-electron chi connectivity index (χ2n) is 5.65. The molecule has 2 heterocycles. The molecule has 3 rings (SSSR count). The molecule has 0 saturated carbocycles. The summed E-state index contributed by atoms with van der Waals surface area (Å²) >= 11 is 0. The number of carbonyl (C=O) groups excluding carboxylic acids is 1. The SMILES string of the molecule is CNCC1CCN(C(=O)c2cnn(-c3ccccc3)n2)CC1. The van der Waals surface area contributed by atoms with Gasteiger partial charge in [-0.2, -0.15) is 9.90 Å². The Hall–Kier alpha value is -2.21. The molecule has 0 atom stereocenters. The van der Waals surface area contributed by atoms with E-state index in [0.29, 0.717) is 11.6 Å². The van der Waals surface area contributed by atoms with Crippen molar-refractivity contribution in [1.82, 2.24) is 25.2 Å². The minimum atomic E-state index is -0.0231. The van der Waals surface area contributed by atoms with E-state index in [0.717, 1.165) is 38.2 Å². The van der Waals surface area contributed by atoms with E-state index < -0.39 is 0 Å². The molecule has 116 valence electrons. The van der Waals surface area contributed by atoms with Gasteiger partial charge >= 0.3 is 0 Å². The molecule has 0 unspecified atom stereocenters. The van der Waals surface area contributed by atoms with Crippen LogP contribution in [0, 0.1) is 5.92 Å². The van der Waals surface area contributed by atoms with Gasteiger partial charge in [0.1, 0.15) is 0 Å². The van der Waals surface area contributed by atoms with Crippen molar-refractivity contribution in [1.29, 1.82) is 0 Å². The van der Waals surface area contributed by atoms with Crippen LogP contribution in [0.15, 0.2) is 36.5 Å². The molecule has 2 aromatic rings. The number of hydrogen-bond acceptors (Lipinski definition) is 4. The summed E-state index contributed by atoms with van der Waals surface area (Å²) in [6.45, 7) is 2.61. The summed E-state index contributed by atoms with van der Waals surface area (Å²) in [6, 6.07) is 9.61. The van der Waals surface area contributed by atoms with Gasteiger partial charge in [-0.25, -0.2) is 0 Å². The zero-order valence-electron chi connectivity index (χ0n) is 12.8. The Kier molecular flexibility index (Phi) is 4.48. The van der Waals surface area contributed by atoms with E-state index in [1.807, 2.05) is 42.3 Å². The Labute approximate surface area is 130 Å². The number of aromatic nitrogens is 3. The summed E-state index contributed by atoms with van der Waals surface area (Å²) in [4.78, 5) is 15.9. The van der Waals surface area contributed by atoms with Crippen molar-refractivity contribution in [2.75, 3.05) is 26.7 Å². The topological polar surface area (TPSA) is 63.1 Å². The fourth-order valence-electron chi connectivity index (χ4n) is 2.84. The van der Waals surface area contributed by atoms with Gasteiger partial charge < -0.3 is 10.2 Å². The number of carbonyl (C=O) groups is 1. The highest BCUT2D eigenvalue weighted by molar-refractivity contribution is 5.92. The molecule has 1 N–H and O–H groups in total. The summed E-state index contributed by atoms with van der Waals surface area (Å²) in [7, 11) is 1.97. The number of likely N-dealkylation sites (tertiary alicyclic amines) is 1. The second kappa shape index (κ2) is 6.70. The number of nitrogens with zero attached hydrogens (tertiary/aromatic N) is 4. The van der Waals surface area contributed by atoms with Gasteiger partial charge in [0.15, 0.2) is 5.69 Å². The number of benzene rings is 1. The van der Waals surface area contributed by atoms with Crippen molar-refractivity contribution in [2.45, 2.75) is 12.8 Å². The summed E-state index contributed by atoms with van der Waals surface area (Å²) in [6.07, 6.45) is 3.63. The van der Waals surface area contributed by atoms with Crippen molar-refractivity contribution < 1.29 is 4.79 Å². The highest BCUT2D eigenvalue weighted by Crippen LogP contribution is 2.18. The van der Waals surface area contributed by atoms with Crippen LogP contribution in [0.2, 0.25) is 0 Å². The first kappa shape index (κ1) is 14.7. The number of amides is 1. The zero-order valence-corrected chi connectivity index (χ0v) is 12.8. The third-order valence-electron chi connectivity index (χ3n) is 4.09. The first-order valence-corrected chi connectivity index (χ1v) is 7.69. The molecule has 0 aliphatic carbocycles. The fraction of sp³-hybridized carbons (Fsp3) is 0.438. The maximum atomic E-state index is 12.5. The lowest BCUT2D eigenvalue weighted by Gasteiger charge is -2.31. The molecule has 1 aromatic carbocycles. The second-order valence-corrected chi connectivity index (χ2v) is 5.65. The van der Waals surface area contributed by atoms with Gasteiger partial charge in [-0.05, 0) is 44.5 Å². The molecule has 0 bridgehead atoms. The standard InChI is InChI=1S/C16H21N5O/c1-17-11-13-7-9-20(10-8-13)16(22)15-12-18-21(19-15)14-5-3-2-4-6-14/h2-6,12-13,17H,7-11H2,1H3. The zero-order chi connectivity index (χ0) is 15.4. The highest BCUT2D eigenvalue weighted by atomic mass is 16.2. The number of piperidine rings is 1. The van der Waals surface area contributed by atoms with Crippen LogP contribution in [-0.4, -0.2) is 52.5 Å². The average molecular weight is 299 g/mol. The molecular weight excluding hydrogens is 278 g/mol. The van der Waals surface area contributed by atoms with Gasteiger partial charge in [-0.15, -0.1) is 5.10 Å². The first-order chi connectivity index (χ1) is 10.8. The Morgan fingerprint density at radius 2 is 2.00 bits per heavy atom. The van der Waals surface area contributed by atoms with E-state index in [2.05, 4.69) is 15.5 Å². The van der Waals surface area contributed by atoms with E-state index in [1.165, 1.54) is 4.80 Å². The third-order valence-corrected chi connectivity index (χ3v) is 4.09. The van der Waals surface area contributed by atoms with Gasteiger partial charge in [0.2, 0.25) is 0 Å². The molecule has 0 radical (unpaired) electrons. The monoisotopic (exact) mass is 299 g/mol. The van der Waals surface area contributed by atoms with Crippen LogP contribution in [0.5, 0.6) is 0 Å². The lowest BCUT2D eigenvalue weighted by molar-refractivity contribution is 0.0684. The molecular formula is C16H21N5O. The summed E-state index contributed by atoms with van der Waals surface area (Å²) in [5.74, 6) is 0.638. The summed E-state index contributed by atoms with van der Waals surface area (Å²) < 4.78 is 0. The molecule has 6 heteroatoms. The Morgan fingerprint density at radius 1 is 1.27 bits per heavy atom. The van der Waals surface area contributed by atoms with Crippen molar-refractivity contribution >= 4 is 5.91 Å². The van der Waals surface area contributed by atoms with Crippen LogP contribution in [0.25, 0.3) is 5.69 Å². The predicted octanol–water partition coefficient (Wildman–Crippen LogP) is 1.34. The van der Waals surface area contributed by atoms with Crippen LogP contribution < -0.4 is 5.32 Å². The summed E-state index contributed by atoms with van der Waals surface area (Å²) in [5.41, 5.74) is 1.27. The molecule has 1 fully saturated rings. The van der Waals surface area contributed by atoms with Crippen LogP contribution in [-0.2, 0) is 0 Å². The largest absolute Gasteiger partial charge is 0.337 e. The molecule has 22 heavy (non-hydrogen) atoms. The Morgan fingerprint density at radius 3 is 2.68 bits per heavy atom. The van der Waals surface area contributed by atoms with E-state index >= 15 is 0 Å². The molecule has 1 amide bonds. The van der Waals surface area contributed by atoms with Gasteiger partial charge in [-0.3, -0.25) is 4.79 Å². The van der Waals surface area contributed by atoms with E-state index in [1.54, 1.807) is 6.20 Å². The van der Waals surface area contributed by atoms with Crippen molar-refractivity contribution in [3.8, 4) is 5.69 Å². The fourth-order valence-corrected chi connectivity index (χ4v) is 2.84.